The number of rotatable bonds is 7. The lowest BCUT2D eigenvalue weighted by atomic mass is 10.3. The van der Waals surface area contributed by atoms with Gasteiger partial charge in [-0.1, -0.05) is 6.07 Å². The van der Waals surface area contributed by atoms with Gasteiger partial charge in [0.05, 0.1) is 11.4 Å². The molecule has 1 heterocycles. The summed E-state index contributed by atoms with van der Waals surface area (Å²) < 4.78 is 0. The molecule has 2 amide bonds. The van der Waals surface area contributed by atoms with E-state index in [1.54, 1.807) is 12.1 Å². The number of hydrogen-bond acceptors (Lipinski definition) is 4. The number of hydrogen-bond donors (Lipinski definition) is 3. The van der Waals surface area contributed by atoms with Gasteiger partial charge in [0.1, 0.15) is 0 Å². The van der Waals surface area contributed by atoms with Crippen molar-refractivity contribution in [3.05, 3.63) is 22.4 Å². The highest BCUT2D eigenvalue weighted by Crippen LogP contribution is 2.07. The molecule has 0 saturated heterocycles. The van der Waals surface area contributed by atoms with Gasteiger partial charge < -0.3 is 16.4 Å². The zero-order valence-electron chi connectivity index (χ0n) is 9.57. The Morgan fingerprint density at radius 3 is 2.76 bits per heavy atom. The molecule has 94 valence electrons. The summed E-state index contributed by atoms with van der Waals surface area (Å²) in [6.07, 6.45) is 1.75. The van der Waals surface area contributed by atoms with Crippen LogP contribution in [0, 0.1) is 0 Å². The standard InChI is InChI=1S/C11H17N3O2S/c12-5-1-2-6-13-10(15)8-14-11(16)9-4-3-7-17-9/h3-4,7H,1-2,5-6,8,12H2,(H,13,15)(H,14,16). The molecule has 0 aliphatic carbocycles. The van der Waals surface area contributed by atoms with E-state index in [2.05, 4.69) is 10.6 Å². The average molecular weight is 255 g/mol. The molecule has 0 fully saturated rings. The van der Waals surface area contributed by atoms with Crippen LogP contribution < -0.4 is 16.4 Å². The van der Waals surface area contributed by atoms with Crippen LogP contribution in [0.25, 0.3) is 0 Å². The molecule has 1 aromatic heterocycles. The third kappa shape index (κ3) is 5.46. The fourth-order valence-electron chi connectivity index (χ4n) is 1.22. The first kappa shape index (κ1) is 13.7. The van der Waals surface area contributed by atoms with Crippen LogP contribution in [0.5, 0.6) is 0 Å². The number of nitrogens with one attached hydrogen (secondary N) is 2. The molecule has 0 atom stereocenters. The number of unbranched alkanes of at least 4 members (excludes halogenated alkanes) is 1. The number of nitrogens with two attached hydrogens (primary N) is 1. The first-order valence-electron chi connectivity index (χ1n) is 5.52. The van der Waals surface area contributed by atoms with Crippen LogP contribution in [0.2, 0.25) is 0 Å². The highest BCUT2D eigenvalue weighted by atomic mass is 32.1. The van der Waals surface area contributed by atoms with E-state index < -0.39 is 0 Å². The van der Waals surface area contributed by atoms with Crippen LogP contribution in [0.4, 0.5) is 0 Å². The molecule has 0 radical (unpaired) electrons. The molecule has 6 heteroatoms. The first-order chi connectivity index (χ1) is 8.24. The van der Waals surface area contributed by atoms with E-state index >= 15 is 0 Å². The lowest BCUT2D eigenvalue weighted by molar-refractivity contribution is -0.120. The van der Waals surface area contributed by atoms with Gasteiger partial charge in [0, 0.05) is 6.54 Å². The maximum absolute atomic E-state index is 11.5. The SMILES string of the molecule is NCCCCNC(=O)CNC(=O)c1cccs1. The second-order valence-corrected chi connectivity index (χ2v) is 4.45. The van der Waals surface area contributed by atoms with Crippen molar-refractivity contribution < 1.29 is 9.59 Å². The van der Waals surface area contributed by atoms with Gasteiger partial charge in [-0.2, -0.15) is 0 Å². The Bertz CT molecular complexity index is 352. The zero-order chi connectivity index (χ0) is 12.5. The van der Waals surface area contributed by atoms with Crippen LogP contribution in [0.1, 0.15) is 22.5 Å². The van der Waals surface area contributed by atoms with Gasteiger partial charge in [0.15, 0.2) is 0 Å². The van der Waals surface area contributed by atoms with Crippen LogP contribution in [-0.4, -0.2) is 31.4 Å². The van der Waals surface area contributed by atoms with Crippen LogP contribution in [0.3, 0.4) is 0 Å². The topological polar surface area (TPSA) is 84.2 Å². The lowest BCUT2D eigenvalue weighted by Crippen LogP contribution is -2.37. The number of carbonyl (C=O) groups is 2. The second kappa shape index (κ2) is 7.81. The molecule has 17 heavy (non-hydrogen) atoms. The van der Waals surface area contributed by atoms with Gasteiger partial charge in [-0.25, -0.2) is 0 Å². The molecule has 0 aromatic carbocycles. The molecular weight excluding hydrogens is 238 g/mol. The first-order valence-corrected chi connectivity index (χ1v) is 6.40. The Morgan fingerprint density at radius 1 is 1.29 bits per heavy atom. The number of amides is 2. The van der Waals surface area contributed by atoms with E-state index in [1.165, 1.54) is 11.3 Å². The molecule has 0 unspecified atom stereocenters. The molecule has 0 aliphatic heterocycles. The Kier molecular flexibility index (Phi) is 6.27. The third-order valence-electron chi connectivity index (χ3n) is 2.11. The van der Waals surface area contributed by atoms with E-state index in [-0.39, 0.29) is 18.4 Å². The Labute approximate surface area is 104 Å². The monoisotopic (exact) mass is 255 g/mol. The summed E-state index contributed by atoms with van der Waals surface area (Å²) in [4.78, 5) is 23.4. The molecule has 4 N–H and O–H groups in total. The molecule has 0 bridgehead atoms. The maximum atomic E-state index is 11.5. The van der Waals surface area contributed by atoms with Crippen molar-refractivity contribution in [2.24, 2.45) is 5.73 Å². The predicted octanol–water partition coefficient (Wildman–Crippen LogP) is 0.333. The summed E-state index contributed by atoms with van der Waals surface area (Å²) in [7, 11) is 0. The van der Waals surface area contributed by atoms with E-state index in [4.69, 9.17) is 5.73 Å². The molecule has 0 spiro atoms. The van der Waals surface area contributed by atoms with Gasteiger partial charge in [-0.05, 0) is 30.8 Å². The minimum absolute atomic E-state index is 0.0133. The predicted molar refractivity (Wildman–Crippen MR) is 68.0 cm³/mol. The second-order valence-electron chi connectivity index (χ2n) is 3.51. The third-order valence-corrected chi connectivity index (χ3v) is 2.98. The minimum atomic E-state index is -0.211. The molecule has 5 nitrogen and oxygen atoms in total. The number of thiophene rings is 1. The van der Waals surface area contributed by atoms with Crippen molar-refractivity contribution in [1.29, 1.82) is 0 Å². The molecule has 1 aromatic rings. The van der Waals surface area contributed by atoms with Crippen molar-refractivity contribution in [1.82, 2.24) is 10.6 Å². The van der Waals surface area contributed by atoms with Gasteiger partial charge in [-0.3, -0.25) is 9.59 Å². The summed E-state index contributed by atoms with van der Waals surface area (Å²) in [6, 6.07) is 3.52. The fourth-order valence-corrected chi connectivity index (χ4v) is 1.86. The van der Waals surface area contributed by atoms with Crippen LogP contribution >= 0.6 is 11.3 Å². The Balaban J connectivity index is 2.13. The number of carbonyl (C=O) groups excluding carboxylic acids is 2. The van der Waals surface area contributed by atoms with Crippen molar-refractivity contribution in [3.8, 4) is 0 Å². The Morgan fingerprint density at radius 2 is 2.12 bits per heavy atom. The molecule has 1 rings (SSSR count). The van der Waals surface area contributed by atoms with Gasteiger partial charge in [0.25, 0.3) is 5.91 Å². The van der Waals surface area contributed by atoms with E-state index in [0.29, 0.717) is 18.0 Å². The summed E-state index contributed by atoms with van der Waals surface area (Å²) in [5, 5.41) is 7.09. The lowest BCUT2D eigenvalue weighted by Gasteiger charge is -2.05. The van der Waals surface area contributed by atoms with Gasteiger partial charge in [0.2, 0.25) is 5.91 Å². The fraction of sp³-hybridized carbons (Fsp3) is 0.455. The normalized spacial score (nSPS) is 9.94. The highest BCUT2D eigenvalue weighted by molar-refractivity contribution is 7.12. The maximum Gasteiger partial charge on any atom is 0.261 e. The van der Waals surface area contributed by atoms with Crippen molar-refractivity contribution >= 4 is 23.2 Å². The molecule has 0 aliphatic rings. The van der Waals surface area contributed by atoms with Gasteiger partial charge >= 0.3 is 0 Å². The van der Waals surface area contributed by atoms with E-state index in [1.807, 2.05) is 5.38 Å². The van der Waals surface area contributed by atoms with Crippen molar-refractivity contribution in [2.75, 3.05) is 19.6 Å². The van der Waals surface area contributed by atoms with Crippen molar-refractivity contribution in [2.45, 2.75) is 12.8 Å². The van der Waals surface area contributed by atoms with E-state index in [0.717, 1.165) is 12.8 Å². The highest BCUT2D eigenvalue weighted by Gasteiger charge is 2.07. The zero-order valence-corrected chi connectivity index (χ0v) is 10.4. The smallest absolute Gasteiger partial charge is 0.261 e. The summed E-state index contributed by atoms with van der Waals surface area (Å²) in [5.74, 6) is -0.385. The van der Waals surface area contributed by atoms with Gasteiger partial charge in [-0.15, -0.1) is 11.3 Å². The summed E-state index contributed by atoms with van der Waals surface area (Å²) in [6.45, 7) is 1.25. The molecular formula is C11H17N3O2S. The summed E-state index contributed by atoms with van der Waals surface area (Å²) in [5.41, 5.74) is 5.33. The summed E-state index contributed by atoms with van der Waals surface area (Å²) >= 11 is 1.35. The molecule has 0 saturated carbocycles. The largest absolute Gasteiger partial charge is 0.355 e. The average Bonchev–Trinajstić information content (AvgIpc) is 2.85. The quantitative estimate of drug-likeness (QED) is 0.614. The van der Waals surface area contributed by atoms with E-state index in [9.17, 15) is 9.59 Å². The van der Waals surface area contributed by atoms with Crippen molar-refractivity contribution in [3.63, 3.8) is 0 Å². The Hall–Kier alpha value is -1.40. The minimum Gasteiger partial charge on any atom is -0.355 e. The van der Waals surface area contributed by atoms with Crippen LogP contribution in [0.15, 0.2) is 17.5 Å². The van der Waals surface area contributed by atoms with Crippen LogP contribution in [-0.2, 0) is 4.79 Å².